The van der Waals surface area contributed by atoms with E-state index in [1.54, 1.807) is 6.07 Å². The molecule has 27 heavy (non-hydrogen) atoms. The van der Waals surface area contributed by atoms with E-state index in [0.717, 1.165) is 6.42 Å². The number of nitrogens with zero attached hydrogens (tertiary/aromatic N) is 1. The second kappa shape index (κ2) is 7.33. The van der Waals surface area contributed by atoms with Gasteiger partial charge in [-0.1, -0.05) is 42.5 Å². The molecule has 1 amide bonds. The average molecular weight is 367 g/mol. The number of carbonyl (C=O) groups excluding carboxylic acids is 1. The van der Waals surface area contributed by atoms with E-state index in [9.17, 15) is 15.0 Å². The van der Waals surface area contributed by atoms with Crippen molar-refractivity contribution in [1.82, 2.24) is 4.90 Å². The third kappa shape index (κ3) is 3.22. The molecule has 1 aliphatic carbocycles. The first-order chi connectivity index (χ1) is 13.2. The van der Waals surface area contributed by atoms with Crippen LogP contribution in [0.1, 0.15) is 15.9 Å². The predicted molar refractivity (Wildman–Crippen MR) is 102 cm³/mol. The van der Waals surface area contributed by atoms with Crippen molar-refractivity contribution in [2.24, 2.45) is 17.3 Å². The molecule has 2 aromatic rings. The Hall–Kier alpha value is -2.37. The summed E-state index contributed by atoms with van der Waals surface area (Å²) in [4.78, 5) is 14.8. The van der Waals surface area contributed by atoms with Crippen LogP contribution >= 0.6 is 0 Å². The summed E-state index contributed by atoms with van der Waals surface area (Å²) < 4.78 is 5.92. The molecule has 2 atom stereocenters. The number of rotatable bonds is 7. The quantitative estimate of drug-likeness (QED) is 0.785. The lowest BCUT2D eigenvalue weighted by molar-refractivity contribution is 0.0634. The van der Waals surface area contributed by atoms with Crippen LogP contribution in [0.25, 0.3) is 0 Å². The van der Waals surface area contributed by atoms with E-state index in [1.165, 1.54) is 5.56 Å². The van der Waals surface area contributed by atoms with Gasteiger partial charge in [0.15, 0.2) is 0 Å². The monoisotopic (exact) mass is 367 g/mol. The molecule has 2 fully saturated rings. The predicted octanol–water partition coefficient (Wildman–Crippen LogP) is 1.98. The average Bonchev–Trinajstić information content (AvgIpc) is 3.07. The van der Waals surface area contributed by atoms with Crippen molar-refractivity contribution >= 4 is 5.91 Å². The molecule has 1 aliphatic heterocycles. The first-order valence-corrected chi connectivity index (χ1v) is 9.46. The summed E-state index contributed by atoms with van der Waals surface area (Å²) in [5.74, 6) is 0.960. The van der Waals surface area contributed by atoms with Gasteiger partial charge in [-0.05, 0) is 29.5 Å². The number of fused-ring (bicyclic) bond motifs is 1. The molecular weight excluding hydrogens is 342 g/mol. The molecule has 0 aromatic heterocycles. The highest BCUT2D eigenvalue weighted by Gasteiger charge is 2.68. The number of aliphatic hydroxyl groups excluding tert-OH is 2. The van der Waals surface area contributed by atoms with E-state index in [1.807, 2.05) is 41.3 Å². The summed E-state index contributed by atoms with van der Waals surface area (Å²) in [6.45, 7) is 1.66. The number of hydrogen-bond donors (Lipinski definition) is 2. The molecule has 1 saturated carbocycles. The molecule has 2 aromatic carbocycles. The van der Waals surface area contributed by atoms with Gasteiger partial charge < -0.3 is 19.8 Å². The van der Waals surface area contributed by atoms with Crippen molar-refractivity contribution in [2.75, 3.05) is 32.9 Å². The molecule has 5 heteroatoms. The lowest BCUT2D eigenvalue weighted by Gasteiger charge is -2.25. The van der Waals surface area contributed by atoms with Gasteiger partial charge in [-0.25, -0.2) is 0 Å². The summed E-state index contributed by atoms with van der Waals surface area (Å²) in [6, 6.07) is 17.5. The second-order valence-corrected chi connectivity index (χ2v) is 7.55. The van der Waals surface area contributed by atoms with Crippen molar-refractivity contribution in [3.8, 4) is 5.75 Å². The Morgan fingerprint density at radius 2 is 1.63 bits per heavy atom. The van der Waals surface area contributed by atoms with Crippen molar-refractivity contribution < 1.29 is 19.7 Å². The van der Waals surface area contributed by atoms with Crippen molar-refractivity contribution in [2.45, 2.75) is 6.42 Å². The molecule has 2 unspecified atom stereocenters. The molecule has 2 aliphatic rings. The Bertz CT molecular complexity index is 789. The molecular formula is C22H25NO4. The number of ether oxygens (including phenoxy) is 1. The molecule has 0 radical (unpaired) electrons. The summed E-state index contributed by atoms with van der Waals surface area (Å²) >= 11 is 0. The number of piperidine rings is 1. The summed E-state index contributed by atoms with van der Waals surface area (Å²) in [7, 11) is 0. The van der Waals surface area contributed by atoms with Gasteiger partial charge in [0.25, 0.3) is 5.91 Å². The van der Waals surface area contributed by atoms with Crippen molar-refractivity contribution in [3.05, 3.63) is 65.7 Å². The fourth-order valence-electron chi connectivity index (χ4n) is 4.39. The van der Waals surface area contributed by atoms with E-state index in [4.69, 9.17) is 4.74 Å². The molecule has 2 N–H and O–H groups in total. The number of likely N-dealkylation sites (tertiary alicyclic amines) is 1. The number of aliphatic hydroxyl groups is 2. The van der Waals surface area contributed by atoms with Gasteiger partial charge in [0.05, 0.1) is 25.4 Å². The fourth-order valence-corrected chi connectivity index (χ4v) is 4.39. The van der Waals surface area contributed by atoms with Gasteiger partial charge in [-0.2, -0.15) is 0 Å². The van der Waals surface area contributed by atoms with Crippen LogP contribution in [0.3, 0.4) is 0 Å². The second-order valence-electron chi connectivity index (χ2n) is 7.55. The van der Waals surface area contributed by atoms with Crippen molar-refractivity contribution in [3.63, 3.8) is 0 Å². The van der Waals surface area contributed by atoms with E-state index in [0.29, 0.717) is 31.0 Å². The molecule has 1 heterocycles. The molecule has 5 nitrogen and oxygen atoms in total. The molecule has 1 saturated heterocycles. The highest BCUT2D eigenvalue weighted by Crippen LogP contribution is 2.62. The van der Waals surface area contributed by atoms with E-state index >= 15 is 0 Å². The third-order valence-corrected chi connectivity index (χ3v) is 6.17. The largest absolute Gasteiger partial charge is 0.492 e. The lowest BCUT2D eigenvalue weighted by atomic mass is 10.0. The zero-order valence-electron chi connectivity index (χ0n) is 15.3. The van der Waals surface area contributed by atoms with E-state index in [2.05, 4.69) is 12.1 Å². The fraction of sp³-hybridized carbons (Fsp3) is 0.409. The van der Waals surface area contributed by atoms with Crippen LogP contribution < -0.4 is 4.74 Å². The number of benzene rings is 2. The summed E-state index contributed by atoms with van der Waals surface area (Å²) in [5, 5.41) is 19.1. The zero-order valence-corrected chi connectivity index (χ0v) is 15.3. The molecule has 4 rings (SSSR count). The van der Waals surface area contributed by atoms with Crippen LogP contribution in [0.4, 0.5) is 0 Å². The van der Waals surface area contributed by atoms with Gasteiger partial charge in [-0.3, -0.25) is 4.79 Å². The Kier molecular flexibility index (Phi) is 4.89. The van der Waals surface area contributed by atoms with Gasteiger partial charge >= 0.3 is 0 Å². The number of carbonyl (C=O) groups is 1. The van der Waals surface area contributed by atoms with Crippen molar-refractivity contribution in [1.29, 1.82) is 0 Å². The van der Waals surface area contributed by atoms with E-state index in [-0.39, 0.29) is 36.4 Å². The summed E-state index contributed by atoms with van der Waals surface area (Å²) in [6.07, 6.45) is 0.784. The Morgan fingerprint density at radius 1 is 1.00 bits per heavy atom. The van der Waals surface area contributed by atoms with Gasteiger partial charge in [-0.15, -0.1) is 0 Å². The van der Waals surface area contributed by atoms with Crippen LogP contribution in [0.15, 0.2) is 54.6 Å². The minimum absolute atomic E-state index is 0.0138. The summed E-state index contributed by atoms with van der Waals surface area (Å²) in [5.41, 5.74) is 1.39. The number of para-hydroxylation sites is 1. The van der Waals surface area contributed by atoms with Crippen LogP contribution in [-0.2, 0) is 6.42 Å². The first kappa shape index (κ1) is 18.0. The molecule has 142 valence electrons. The topological polar surface area (TPSA) is 70.0 Å². The maximum atomic E-state index is 13.0. The Balaban J connectivity index is 1.39. The third-order valence-electron chi connectivity index (χ3n) is 6.17. The maximum Gasteiger partial charge on any atom is 0.257 e. The van der Waals surface area contributed by atoms with E-state index < -0.39 is 0 Å². The smallest absolute Gasteiger partial charge is 0.257 e. The number of hydrogen-bond acceptors (Lipinski definition) is 4. The lowest BCUT2D eigenvalue weighted by Crippen LogP contribution is -2.36. The molecule has 0 bridgehead atoms. The standard InChI is InChI=1S/C22H25NO4/c24-14-22(15-25)18-12-23(13-19(18)22)21(26)17-8-4-5-9-20(17)27-11-10-16-6-2-1-3-7-16/h1-9,18-19,24-25H,10-15H2. The van der Waals surface area contributed by atoms with Gasteiger partial charge in [0, 0.05) is 24.9 Å². The van der Waals surface area contributed by atoms with Crippen LogP contribution in [0, 0.1) is 17.3 Å². The van der Waals surface area contributed by atoms with Crippen LogP contribution in [0.5, 0.6) is 5.75 Å². The van der Waals surface area contributed by atoms with Gasteiger partial charge in [0.2, 0.25) is 0 Å². The minimum Gasteiger partial charge on any atom is -0.492 e. The normalized spacial score (nSPS) is 22.4. The SMILES string of the molecule is O=C(c1ccccc1OCCc1ccccc1)N1CC2C(C1)C2(CO)CO. The zero-order chi connectivity index (χ0) is 18.9. The highest BCUT2D eigenvalue weighted by molar-refractivity contribution is 5.97. The Labute approximate surface area is 159 Å². The highest BCUT2D eigenvalue weighted by atomic mass is 16.5. The number of amides is 1. The maximum absolute atomic E-state index is 13.0. The van der Waals surface area contributed by atoms with Gasteiger partial charge in [0.1, 0.15) is 5.75 Å². The Morgan fingerprint density at radius 3 is 2.30 bits per heavy atom. The van der Waals surface area contributed by atoms with Crippen LogP contribution in [-0.4, -0.2) is 53.9 Å². The first-order valence-electron chi connectivity index (χ1n) is 9.46. The molecule has 0 spiro atoms. The van der Waals surface area contributed by atoms with Crippen LogP contribution in [0.2, 0.25) is 0 Å². The minimum atomic E-state index is -0.386.